The molecule has 1 atom stereocenters. The maximum atomic E-state index is 12.4. The van der Waals surface area contributed by atoms with E-state index in [9.17, 15) is 9.59 Å². The van der Waals surface area contributed by atoms with E-state index < -0.39 is 0 Å². The molecule has 1 fully saturated rings. The lowest BCUT2D eigenvalue weighted by molar-refractivity contribution is -0.128. The summed E-state index contributed by atoms with van der Waals surface area (Å²) in [6.45, 7) is 1.95. The van der Waals surface area contributed by atoms with Crippen LogP contribution in [0.4, 0.5) is 0 Å². The molecular formula is C16H20N6O2S. The number of hydrogen-bond donors (Lipinski definition) is 2. The van der Waals surface area contributed by atoms with Gasteiger partial charge in [0.15, 0.2) is 0 Å². The molecule has 9 heteroatoms. The smallest absolute Gasteiger partial charge is 0.231 e. The first-order valence-corrected chi connectivity index (χ1v) is 8.99. The summed E-state index contributed by atoms with van der Waals surface area (Å²) >= 11 is 1.47. The number of primary amides is 1. The number of nitrogens with zero attached hydrogens (tertiary/aromatic N) is 4. The maximum absolute atomic E-state index is 12.4. The van der Waals surface area contributed by atoms with Crippen molar-refractivity contribution in [3.05, 3.63) is 29.7 Å². The Hall–Kier alpha value is -2.39. The number of hydrogen-bond acceptors (Lipinski definition) is 7. The Bertz CT molecular complexity index is 735. The van der Waals surface area contributed by atoms with Crippen LogP contribution in [0.15, 0.2) is 24.0 Å². The molecule has 1 aliphatic rings. The average molecular weight is 360 g/mol. The van der Waals surface area contributed by atoms with Gasteiger partial charge >= 0.3 is 0 Å². The van der Waals surface area contributed by atoms with Crippen molar-refractivity contribution >= 4 is 23.2 Å². The van der Waals surface area contributed by atoms with Crippen LogP contribution >= 0.6 is 11.3 Å². The highest BCUT2D eigenvalue weighted by molar-refractivity contribution is 7.13. The molecule has 25 heavy (non-hydrogen) atoms. The Morgan fingerprint density at radius 3 is 3.04 bits per heavy atom. The van der Waals surface area contributed by atoms with Crippen molar-refractivity contribution in [1.29, 1.82) is 0 Å². The molecule has 3 N–H and O–H groups in total. The zero-order chi connectivity index (χ0) is 17.6. The lowest BCUT2D eigenvalue weighted by atomic mass is 9.97. The third kappa shape index (κ3) is 4.80. The van der Waals surface area contributed by atoms with E-state index in [4.69, 9.17) is 5.73 Å². The normalized spacial score (nSPS) is 18.0. The first-order valence-electron chi connectivity index (χ1n) is 8.11. The molecular weight excluding hydrogens is 340 g/mol. The van der Waals surface area contributed by atoms with Crippen molar-refractivity contribution in [3.8, 4) is 10.7 Å². The second-order valence-corrected chi connectivity index (χ2v) is 6.85. The van der Waals surface area contributed by atoms with Gasteiger partial charge in [-0.25, -0.2) is 4.98 Å². The number of carbonyl (C=O) groups excluding carboxylic acids is 2. The summed E-state index contributed by atoms with van der Waals surface area (Å²) in [6.07, 6.45) is 6.61. The van der Waals surface area contributed by atoms with Crippen molar-refractivity contribution in [1.82, 2.24) is 25.2 Å². The fourth-order valence-corrected chi connectivity index (χ4v) is 3.65. The third-order valence-corrected chi connectivity index (χ3v) is 4.95. The Morgan fingerprint density at radius 1 is 1.40 bits per heavy atom. The minimum atomic E-state index is -0.361. The monoisotopic (exact) mass is 360 g/mol. The second kappa shape index (κ2) is 8.13. The molecule has 0 radical (unpaired) electrons. The van der Waals surface area contributed by atoms with Gasteiger partial charge in [-0.1, -0.05) is 0 Å². The van der Waals surface area contributed by atoms with Crippen LogP contribution in [0.3, 0.4) is 0 Å². The summed E-state index contributed by atoms with van der Waals surface area (Å²) in [6, 6.07) is 0. The molecule has 2 aromatic heterocycles. The van der Waals surface area contributed by atoms with Crippen molar-refractivity contribution in [3.63, 3.8) is 0 Å². The number of nitrogens with two attached hydrogens (primary N) is 1. The quantitative estimate of drug-likeness (QED) is 0.771. The molecule has 132 valence electrons. The van der Waals surface area contributed by atoms with Crippen molar-refractivity contribution in [2.24, 2.45) is 11.7 Å². The standard InChI is InChI=1S/C16H20N6O2S/c17-14(23)9-22-5-1-2-11(8-22)15(24)20-6-12-10-25-16(21-12)13-7-18-3-4-19-13/h3-4,7,10-11H,1-2,5-6,8-9H2,(H2,17,23)(H,20,24). The first-order chi connectivity index (χ1) is 12.1. The number of amides is 2. The SMILES string of the molecule is NC(=O)CN1CCCC(C(=O)NCc2csc(-c3cnccn3)n2)C1. The van der Waals surface area contributed by atoms with E-state index in [0.717, 1.165) is 35.8 Å². The highest BCUT2D eigenvalue weighted by Crippen LogP contribution is 2.21. The van der Waals surface area contributed by atoms with E-state index in [-0.39, 0.29) is 24.3 Å². The molecule has 0 spiro atoms. The van der Waals surface area contributed by atoms with Gasteiger partial charge in [0, 0.05) is 24.3 Å². The van der Waals surface area contributed by atoms with Gasteiger partial charge in [0.25, 0.3) is 0 Å². The Kier molecular flexibility index (Phi) is 5.67. The predicted octanol–water partition coefficient (Wildman–Crippen LogP) is 0.414. The van der Waals surface area contributed by atoms with Crippen LogP contribution in [0.2, 0.25) is 0 Å². The van der Waals surface area contributed by atoms with Gasteiger partial charge in [0.05, 0.1) is 30.9 Å². The summed E-state index contributed by atoms with van der Waals surface area (Å²) < 4.78 is 0. The van der Waals surface area contributed by atoms with E-state index in [2.05, 4.69) is 20.3 Å². The third-order valence-electron chi connectivity index (χ3n) is 4.03. The van der Waals surface area contributed by atoms with E-state index in [1.54, 1.807) is 18.6 Å². The summed E-state index contributed by atoms with van der Waals surface area (Å²) in [5.41, 5.74) is 6.75. The van der Waals surface area contributed by atoms with E-state index in [0.29, 0.717) is 13.1 Å². The van der Waals surface area contributed by atoms with Crippen LogP contribution in [-0.2, 0) is 16.1 Å². The van der Waals surface area contributed by atoms with Gasteiger partial charge in [0.2, 0.25) is 11.8 Å². The van der Waals surface area contributed by atoms with Crippen molar-refractivity contribution in [2.45, 2.75) is 19.4 Å². The molecule has 3 heterocycles. The van der Waals surface area contributed by atoms with E-state index in [1.807, 2.05) is 10.3 Å². The number of piperidine rings is 1. The van der Waals surface area contributed by atoms with E-state index >= 15 is 0 Å². The number of thiazole rings is 1. The zero-order valence-electron chi connectivity index (χ0n) is 13.7. The summed E-state index contributed by atoms with van der Waals surface area (Å²) in [4.78, 5) is 38.1. The number of rotatable bonds is 6. The molecule has 1 unspecified atom stereocenters. The van der Waals surface area contributed by atoms with Gasteiger partial charge in [-0.15, -0.1) is 11.3 Å². The highest BCUT2D eigenvalue weighted by atomic mass is 32.1. The van der Waals surface area contributed by atoms with E-state index in [1.165, 1.54) is 11.3 Å². The highest BCUT2D eigenvalue weighted by Gasteiger charge is 2.26. The maximum Gasteiger partial charge on any atom is 0.231 e. The van der Waals surface area contributed by atoms with Crippen LogP contribution in [0.5, 0.6) is 0 Å². The molecule has 0 saturated carbocycles. The Balaban J connectivity index is 1.52. The minimum Gasteiger partial charge on any atom is -0.369 e. The van der Waals surface area contributed by atoms with Gasteiger partial charge in [-0.2, -0.15) is 0 Å². The second-order valence-electron chi connectivity index (χ2n) is 5.99. The van der Waals surface area contributed by atoms with Gasteiger partial charge < -0.3 is 11.1 Å². The Morgan fingerprint density at radius 2 is 2.28 bits per heavy atom. The molecule has 2 amide bonds. The van der Waals surface area contributed by atoms with Crippen LogP contribution in [0.25, 0.3) is 10.7 Å². The number of nitrogens with one attached hydrogen (secondary N) is 1. The number of carbonyl (C=O) groups is 2. The van der Waals surface area contributed by atoms with Crippen LogP contribution in [-0.4, -0.2) is 51.3 Å². The zero-order valence-corrected chi connectivity index (χ0v) is 14.5. The summed E-state index contributed by atoms with van der Waals surface area (Å²) in [7, 11) is 0. The van der Waals surface area contributed by atoms with Gasteiger partial charge in [-0.3, -0.25) is 24.5 Å². The number of likely N-dealkylation sites (tertiary alicyclic amines) is 1. The average Bonchev–Trinajstić information content (AvgIpc) is 3.09. The minimum absolute atomic E-state index is 0.0109. The van der Waals surface area contributed by atoms with Gasteiger partial charge in [0.1, 0.15) is 10.7 Å². The molecule has 2 aromatic rings. The first kappa shape index (κ1) is 17.4. The molecule has 0 aromatic carbocycles. The summed E-state index contributed by atoms with van der Waals surface area (Å²) in [5, 5.41) is 5.62. The molecule has 8 nitrogen and oxygen atoms in total. The molecule has 1 aliphatic heterocycles. The lowest BCUT2D eigenvalue weighted by Gasteiger charge is -2.30. The lowest BCUT2D eigenvalue weighted by Crippen LogP contribution is -2.45. The van der Waals surface area contributed by atoms with Crippen LogP contribution in [0, 0.1) is 5.92 Å². The largest absolute Gasteiger partial charge is 0.369 e. The van der Waals surface area contributed by atoms with Crippen LogP contribution < -0.4 is 11.1 Å². The number of aromatic nitrogens is 3. The topological polar surface area (TPSA) is 114 Å². The fourth-order valence-electron chi connectivity index (χ4n) is 2.87. The summed E-state index contributed by atoms with van der Waals surface area (Å²) in [5.74, 6) is -0.491. The molecule has 1 saturated heterocycles. The van der Waals surface area contributed by atoms with Crippen LogP contribution in [0.1, 0.15) is 18.5 Å². The fraction of sp³-hybridized carbons (Fsp3) is 0.438. The molecule has 0 aliphatic carbocycles. The molecule has 3 rings (SSSR count). The predicted molar refractivity (Wildman–Crippen MR) is 93.3 cm³/mol. The molecule has 0 bridgehead atoms. The van der Waals surface area contributed by atoms with Crippen molar-refractivity contribution < 1.29 is 9.59 Å². The Labute approximate surface area is 149 Å². The van der Waals surface area contributed by atoms with Gasteiger partial charge in [-0.05, 0) is 19.4 Å². The van der Waals surface area contributed by atoms with Crippen molar-refractivity contribution in [2.75, 3.05) is 19.6 Å².